The third-order valence-corrected chi connectivity index (χ3v) is 6.91. The predicted octanol–water partition coefficient (Wildman–Crippen LogP) is 3.55. The number of methoxy groups -OCH3 is 1. The number of pyridine rings is 1. The first-order valence-corrected chi connectivity index (χ1v) is 11.6. The summed E-state index contributed by atoms with van der Waals surface area (Å²) in [6.07, 6.45) is 2.66. The summed E-state index contributed by atoms with van der Waals surface area (Å²) in [4.78, 5) is 20.0. The SMILES string of the molecule is COCCOc1cc2c(c(NSc3ccccn3)c1)NC(C1=NCC(CC(=O)O)S1)C2. The van der Waals surface area contributed by atoms with Gasteiger partial charge < -0.3 is 24.6 Å². The van der Waals surface area contributed by atoms with E-state index in [9.17, 15) is 4.79 Å². The van der Waals surface area contributed by atoms with Crippen LogP contribution in [-0.4, -0.2) is 59.3 Å². The molecule has 0 aliphatic carbocycles. The standard InChI is InChI=1S/C21H24N4O4S2/c1-28-6-7-29-14-8-13-9-17(21-23-12-15(30-21)11-19(26)27)24-20(13)16(10-14)25-31-18-4-2-3-5-22-18/h2-5,8,10,15,17,24-25H,6-7,9,11-12H2,1H3,(H,26,27). The number of carbonyl (C=O) groups is 1. The number of fused-ring (bicyclic) bond motifs is 1. The Morgan fingerprint density at radius 3 is 3.06 bits per heavy atom. The molecule has 8 nitrogen and oxygen atoms in total. The highest BCUT2D eigenvalue weighted by Gasteiger charge is 2.33. The summed E-state index contributed by atoms with van der Waals surface area (Å²) in [5.74, 6) is -0.0142. The molecular formula is C21H24N4O4S2. The van der Waals surface area contributed by atoms with Crippen LogP contribution in [0.25, 0.3) is 0 Å². The molecule has 0 amide bonds. The largest absolute Gasteiger partial charge is 0.491 e. The van der Waals surface area contributed by atoms with Gasteiger partial charge in [-0.3, -0.25) is 9.79 Å². The van der Waals surface area contributed by atoms with Crippen LogP contribution in [0.15, 0.2) is 46.5 Å². The summed E-state index contributed by atoms with van der Waals surface area (Å²) in [5.41, 5.74) is 3.06. The van der Waals surface area contributed by atoms with Gasteiger partial charge >= 0.3 is 5.97 Å². The number of carboxylic acid groups (broad SMARTS) is 1. The maximum Gasteiger partial charge on any atom is 0.304 e. The lowest BCUT2D eigenvalue weighted by Crippen LogP contribution is -2.24. The summed E-state index contributed by atoms with van der Waals surface area (Å²) in [6, 6.07) is 9.83. The maximum atomic E-state index is 11.0. The van der Waals surface area contributed by atoms with Crippen molar-refractivity contribution in [1.29, 1.82) is 0 Å². The summed E-state index contributed by atoms with van der Waals surface area (Å²) >= 11 is 3.00. The smallest absolute Gasteiger partial charge is 0.304 e. The number of aromatic nitrogens is 1. The van der Waals surface area contributed by atoms with Crippen molar-refractivity contribution in [2.45, 2.75) is 29.2 Å². The molecule has 2 unspecified atom stereocenters. The zero-order chi connectivity index (χ0) is 21.6. The Hall–Kier alpha value is -2.43. The number of ether oxygens (including phenoxy) is 2. The third-order valence-electron chi connectivity index (χ3n) is 4.83. The van der Waals surface area contributed by atoms with Crippen molar-refractivity contribution in [3.05, 3.63) is 42.1 Å². The monoisotopic (exact) mass is 460 g/mol. The molecule has 4 rings (SSSR count). The number of rotatable bonds is 10. The summed E-state index contributed by atoms with van der Waals surface area (Å²) in [7, 11) is 1.65. The average molecular weight is 461 g/mol. The van der Waals surface area contributed by atoms with Gasteiger partial charge in [-0.25, -0.2) is 4.98 Å². The summed E-state index contributed by atoms with van der Waals surface area (Å²) < 4.78 is 14.3. The number of thioether (sulfide) groups is 1. The van der Waals surface area contributed by atoms with Crippen LogP contribution in [0.4, 0.5) is 11.4 Å². The van der Waals surface area contributed by atoms with Gasteiger partial charge in [-0.1, -0.05) is 6.07 Å². The van der Waals surface area contributed by atoms with Crippen LogP contribution in [0.5, 0.6) is 5.75 Å². The van der Waals surface area contributed by atoms with E-state index in [1.165, 1.54) is 11.9 Å². The van der Waals surface area contributed by atoms with Crippen LogP contribution in [0.3, 0.4) is 0 Å². The minimum Gasteiger partial charge on any atom is -0.491 e. The molecule has 0 radical (unpaired) electrons. The highest BCUT2D eigenvalue weighted by atomic mass is 32.2. The second-order valence-electron chi connectivity index (χ2n) is 7.14. The second kappa shape index (κ2) is 10.3. The van der Waals surface area contributed by atoms with E-state index in [1.807, 2.05) is 30.3 Å². The molecule has 10 heteroatoms. The predicted molar refractivity (Wildman–Crippen MR) is 125 cm³/mol. The Kier molecular flexibility index (Phi) is 7.21. The number of anilines is 2. The van der Waals surface area contributed by atoms with Crippen LogP contribution in [0.2, 0.25) is 0 Å². The molecule has 1 aromatic heterocycles. The zero-order valence-corrected chi connectivity index (χ0v) is 18.7. The highest BCUT2D eigenvalue weighted by Crippen LogP contribution is 2.41. The van der Waals surface area contributed by atoms with Crippen molar-refractivity contribution in [3.63, 3.8) is 0 Å². The van der Waals surface area contributed by atoms with Gasteiger partial charge in [-0.15, -0.1) is 11.8 Å². The minimum absolute atomic E-state index is 0.00302. The maximum absolute atomic E-state index is 11.0. The molecule has 31 heavy (non-hydrogen) atoms. The number of hydrogen-bond donors (Lipinski definition) is 3. The Labute approximate surface area is 189 Å². The first-order chi connectivity index (χ1) is 15.1. The lowest BCUT2D eigenvalue weighted by atomic mass is 10.1. The van der Waals surface area contributed by atoms with Crippen LogP contribution in [0.1, 0.15) is 12.0 Å². The molecule has 2 aliphatic rings. The number of carboxylic acids is 1. The number of benzene rings is 1. The molecule has 0 fully saturated rings. The number of nitrogens with zero attached hydrogens (tertiary/aromatic N) is 2. The minimum atomic E-state index is -0.785. The van der Waals surface area contributed by atoms with Crippen LogP contribution in [0, 0.1) is 0 Å². The normalized spacial score (nSPS) is 19.5. The molecule has 0 saturated heterocycles. The van der Waals surface area contributed by atoms with Gasteiger partial charge in [-0.2, -0.15) is 0 Å². The van der Waals surface area contributed by atoms with E-state index in [4.69, 9.17) is 14.6 Å². The van der Waals surface area contributed by atoms with Gasteiger partial charge in [0.2, 0.25) is 0 Å². The number of hydrogen-bond acceptors (Lipinski definition) is 9. The highest BCUT2D eigenvalue weighted by molar-refractivity contribution is 8.15. The Morgan fingerprint density at radius 2 is 2.29 bits per heavy atom. The number of nitrogens with one attached hydrogen (secondary N) is 2. The van der Waals surface area contributed by atoms with Crippen molar-refractivity contribution < 1.29 is 19.4 Å². The van der Waals surface area contributed by atoms with Crippen LogP contribution in [-0.2, 0) is 16.0 Å². The van der Waals surface area contributed by atoms with E-state index < -0.39 is 5.97 Å². The Bertz CT molecular complexity index is 958. The van der Waals surface area contributed by atoms with Gasteiger partial charge in [0.15, 0.2) is 0 Å². The number of aliphatic imine (C=N–C) groups is 1. The first kappa shape index (κ1) is 21.8. The fraction of sp³-hybridized carbons (Fsp3) is 0.381. The Morgan fingerprint density at radius 1 is 1.39 bits per heavy atom. The van der Waals surface area contributed by atoms with Crippen LogP contribution >= 0.6 is 23.7 Å². The summed E-state index contributed by atoms with van der Waals surface area (Å²) in [5, 5.41) is 14.5. The molecule has 2 atom stereocenters. The lowest BCUT2D eigenvalue weighted by Gasteiger charge is -2.15. The van der Waals surface area contributed by atoms with Crippen molar-refractivity contribution in [2.24, 2.45) is 4.99 Å². The van der Waals surface area contributed by atoms with Crippen molar-refractivity contribution in [1.82, 2.24) is 4.98 Å². The molecule has 2 aromatic rings. The van der Waals surface area contributed by atoms with Crippen LogP contribution < -0.4 is 14.8 Å². The molecule has 0 bridgehead atoms. The fourth-order valence-corrected chi connectivity index (χ4v) is 5.26. The van der Waals surface area contributed by atoms with Crippen molar-refractivity contribution in [2.75, 3.05) is 36.9 Å². The molecule has 0 saturated carbocycles. The summed E-state index contributed by atoms with van der Waals surface area (Å²) in [6.45, 7) is 1.53. The topological polar surface area (TPSA) is 105 Å². The molecule has 164 valence electrons. The molecule has 3 heterocycles. The quantitative estimate of drug-likeness (QED) is 0.363. The zero-order valence-electron chi connectivity index (χ0n) is 17.0. The fourth-order valence-electron chi connectivity index (χ4n) is 3.45. The van der Waals surface area contributed by atoms with E-state index in [0.717, 1.165) is 39.2 Å². The van der Waals surface area contributed by atoms with Crippen molar-refractivity contribution >= 4 is 46.1 Å². The van der Waals surface area contributed by atoms with Gasteiger partial charge in [0.05, 0.1) is 42.0 Å². The first-order valence-electron chi connectivity index (χ1n) is 9.94. The molecule has 0 spiro atoms. The molecular weight excluding hydrogens is 436 g/mol. The third kappa shape index (κ3) is 5.63. The second-order valence-corrected chi connectivity index (χ2v) is 9.28. The van der Waals surface area contributed by atoms with E-state index in [0.29, 0.717) is 19.8 Å². The van der Waals surface area contributed by atoms with E-state index >= 15 is 0 Å². The van der Waals surface area contributed by atoms with E-state index in [1.54, 1.807) is 25.1 Å². The van der Waals surface area contributed by atoms with Gasteiger partial charge in [0.1, 0.15) is 17.4 Å². The van der Waals surface area contributed by atoms with Crippen molar-refractivity contribution in [3.8, 4) is 5.75 Å². The number of aliphatic carboxylic acids is 1. The molecule has 1 aromatic carbocycles. The Balaban J connectivity index is 1.49. The average Bonchev–Trinajstić information content (AvgIpc) is 3.39. The molecule has 3 N–H and O–H groups in total. The van der Waals surface area contributed by atoms with Gasteiger partial charge in [-0.05, 0) is 23.8 Å². The van der Waals surface area contributed by atoms with Gasteiger partial charge in [0, 0.05) is 43.0 Å². The molecule has 2 aliphatic heterocycles. The van der Waals surface area contributed by atoms with Gasteiger partial charge in [0.25, 0.3) is 0 Å². The van der Waals surface area contributed by atoms with E-state index in [-0.39, 0.29) is 17.7 Å². The lowest BCUT2D eigenvalue weighted by molar-refractivity contribution is -0.136. The van der Waals surface area contributed by atoms with E-state index in [2.05, 4.69) is 20.0 Å².